The lowest BCUT2D eigenvalue weighted by molar-refractivity contribution is -0.140. The third kappa shape index (κ3) is 4.38. The summed E-state index contributed by atoms with van der Waals surface area (Å²) in [6.07, 6.45) is 5.26. The Morgan fingerprint density at radius 3 is 2.44 bits per heavy atom. The number of hydrogen-bond donors (Lipinski definition) is 1. The van der Waals surface area contributed by atoms with Gasteiger partial charge < -0.3 is 10.1 Å². The van der Waals surface area contributed by atoms with E-state index < -0.39 is 0 Å². The van der Waals surface area contributed by atoms with Crippen LogP contribution < -0.4 is 10.1 Å². The zero-order chi connectivity index (χ0) is 19.4. The third-order valence-electron chi connectivity index (χ3n) is 5.15. The van der Waals surface area contributed by atoms with Crippen molar-refractivity contribution < 1.29 is 19.1 Å². The number of imide groups is 1. The second-order valence-corrected chi connectivity index (χ2v) is 7.28. The molecule has 1 heterocycles. The maximum Gasteiger partial charge on any atom is 0.233 e. The number of para-hydroxylation sites is 1. The average Bonchev–Trinajstić information content (AvgIpc) is 2.90. The van der Waals surface area contributed by atoms with Crippen LogP contribution in [-0.4, -0.2) is 41.8 Å². The zero-order valence-electron chi connectivity index (χ0n) is 15.8. The van der Waals surface area contributed by atoms with Crippen LogP contribution in [0.4, 0.5) is 0 Å². The van der Waals surface area contributed by atoms with Crippen LogP contribution in [0, 0.1) is 18.8 Å². The Hall–Kier alpha value is -2.63. The highest BCUT2D eigenvalue weighted by atomic mass is 16.5. The van der Waals surface area contributed by atoms with Gasteiger partial charge in [-0.15, -0.1) is 0 Å². The number of likely N-dealkylation sites (tertiary alicyclic amines) is 1. The van der Waals surface area contributed by atoms with Gasteiger partial charge in [0.2, 0.25) is 17.7 Å². The molecule has 0 bridgehead atoms. The minimum Gasteiger partial charge on any atom is -0.491 e. The van der Waals surface area contributed by atoms with E-state index in [9.17, 15) is 14.4 Å². The van der Waals surface area contributed by atoms with Gasteiger partial charge in [0, 0.05) is 13.0 Å². The molecular weight excluding hydrogens is 344 g/mol. The number of hydrogen-bond acceptors (Lipinski definition) is 4. The highest BCUT2D eigenvalue weighted by Crippen LogP contribution is 2.34. The van der Waals surface area contributed by atoms with Gasteiger partial charge >= 0.3 is 0 Å². The molecule has 0 spiro atoms. The number of fused-ring (bicyclic) bond motifs is 1. The molecule has 3 amide bonds. The first-order valence-electron chi connectivity index (χ1n) is 9.45. The van der Waals surface area contributed by atoms with E-state index in [1.165, 1.54) is 4.90 Å². The number of ether oxygens (including phenoxy) is 1. The Labute approximate surface area is 159 Å². The number of amides is 3. The lowest BCUT2D eigenvalue weighted by Crippen LogP contribution is -2.40. The van der Waals surface area contributed by atoms with Crippen LogP contribution in [0.1, 0.15) is 31.7 Å². The molecule has 1 aromatic rings. The summed E-state index contributed by atoms with van der Waals surface area (Å²) in [7, 11) is 0. The van der Waals surface area contributed by atoms with E-state index in [1.54, 1.807) is 0 Å². The van der Waals surface area contributed by atoms with Crippen molar-refractivity contribution in [3.63, 3.8) is 0 Å². The molecule has 1 fully saturated rings. The summed E-state index contributed by atoms with van der Waals surface area (Å²) < 4.78 is 5.74. The first-order valence-corrected chi connectivity index (χ1v) is 9.45. The monoisotopic (exact) mass is 370 g/mol. The van der Waals surface area contributed by atoms with Crippen LogP contribution in [0.15, 0.2) is 36.4 Å². The van der Waals surface area contributed by atoms with Crippen molar-refractivity contribution in [2.45, 2.75) is 39.2 Å². The predicted molar refractivity (Wildman–Crippen MR) is 101 cm³/mol. The van der Waals surface area contributed by atoms with Gasteiger partial charge in [0.15, 0.2) is 0 Å². The fraction of sp³-hybridized carbons (Fsp3) is 0.476. The predicted octanol–water partition coefficient (Wildman–Crippen LogP) is 2.22. The molecular formula is C21H26N2O4. The van der Waals surface area contributed by atoms with Gasteiger partial charge in [0.1, 0.15) is 12.4 Å². The zero-order valence-corrected chi connectivity index (χ0v) is 15.8. The first kappa shape index (κ1) is 19.1. The maximum absolute atomic E-state index is 12.4. The highest BCUT2D eigenvalue weighted by Gasteiger charge is 2.46. The van der Waals surface area contributed by atoms with E-state index in [0.29, 0.717) is 19.4 Å². The number of aryl methyl sites for hydroxylation is 1. The average molecular weight is 370 g/mol. The van der Waals surface area contributed by atoms with Gasteiger partial charge in [-0.25, -0.2) is 0 Å². The van der Waals surface area contributed by atoms with Crippen LogP contribution in [0.3, 0.4) is 0 Å². The van der Waals surface area contributed by atoms with Gasteiger partial charge in [-0.3, -0.25) is 19.3 Å². The van der Waals surface area contributed by atoms with Crippen LogP contribution in [0.2, 0.25) is 0 Å². The van der Waals surface area contributed by atoms with Crippen molar-refractivity contribution in [2.24, 2.45) is 11.8 Å². The van der Waals surface area contributed by atoms with Crippen molar-refractivity contribution in [3.8, 4) is 5.75 Å². The smallest absolute Gasteiger partial charge is 0.233 e. The van der Waals surface area contributed by atoms with Gasteiger partial charge in [-0.05, 0) is 38.3 Å². The maximum atomic E-state index is 12.4. The van der Waals surface area contributed by atoms with Crippen LogP contribution in [0.5, 0.6) is 5.75 Å². The van der Waals surface area contributed by atoms with E-state index in [2.05, 4.69) is 5.32 Å². The second-order valence-electron chi connectivity index (χ2n) is 7.28. The molecule has 0 aromatic heterocycles. The van der Waals surface area contributed by atoms with E-state index in [4.69, 9.17) is 4.74 Å². The lowest BCUT2D eigenvalue weighted by atomic mass is 9.85. The van der Waals surface area contributed by atoms with Gasteiger partial charge in [0.25, 0.3) is 0 Å². The summed E-state index contributed by atoms with van der Waals surface area (Å²) in [5, 5.41) is 2.86. The molecule has 0 unspecified atom stereocenters. The van der Waals surface area contributed by atoms with Gasteiger partial charge in [-0.2, -0.15) is 0 Å². The van der Waals surface area contributed by atoms with Crippen molar-refractivity contribution in [2.75, 3.05) is 13.2 Å². The first-order chi connectivity index (χ1) is 13.0. The quantitative estimate of drug-likeness (QED) is 0.590. The fourth-order valence-corrected chi connectivity index (χ4v) is 3.62. The molecule has 1 aliphatic heterocycles. The Morgan fingerprint density at radius 2 is 1.81 bits per heavy atom. The molecule has 6 nitrogen and oxygen atoms in total. The summed E-state index contributed by atoms with van der Waals surface area (Å²) in [6.45, 7) is 4.33. The summed E-state index contributed by atoms with van der Waals surface area (Å²) in [5.41, 5.74) is 1.04. The van der Waals surface area contributed by atoms with E-state index in [-0.39, 0.29) is 48.6 Å². The summed E-state index contributed by atoms with van der Waals surface area (Å²) in [4.78, 5) is 38.2. The molecule has 1 saturated heterocycles. The molecule has 27 heavy (non-hydrogen) atoms. The molecule has 2 aliphatic rings. The standard InChI is InChI=1S/C21H26N2O4/c1-14-7-3-6-10-18(14)27-13-15(2)22-19(24)11-12-23-20(25)16-8-4-5-9-17(16)21(23)26/h3-7,10,15-17H,8-9,11-13H2,1-2H3,(H,22,24)/t15-,16-,17+/m1/s1. The van der Waals surface area contributed by atoms with Crippen LogP contribution >= 0.6 is 0 Å². The van der Waals surface area contributed by atoms with E-state index in [1.807, 2.05) is 50.3 Å². The second kappa shape index (κ2) is 8.37. The number of benzene rings is 1. The molecule has 144 valence electrons. The number of nitrogens with one attached hydrogen (secondary N) is 1. The molecule has 6 heteroatoms. The SMILES string of the molecule is Cc1ccccc1OC[C@@H](C)NC(=O)CCN1C(=O)[C@H]2CC=CC[C@H]2C1=O. The molecule has 0 radical (unpaired) electrons. The summed E-state index contributed by atoms with van der Waals surface area (Å²) in [5.74, 6) is -0.164. The van der Waals surface area contributed by atoms with Crippen LogP contribution in [0.25, 0.3) is 0 Å². The topological polar surface area (TPSA) is 75.7 Å². The Bertz CT molecular complexity index is 732. The van der Waals surface area contributed by atoms with Crippen LogP contribution in [-0.2, 0) is 14.4 Å². The Kier molecular flexibility index (Phi) is 5.94. The van der Waals surface area contributed by atoms with Crippen molar-refractivity contribution in [1.29, 1.82) is 0 Å². The minimum atomic E-state index is -0.244. The normalized spacial score (nSPS) is 22.5. The van der Waals surface area contributed by atoms with Gasteiger partial charge in [-0.1, -0.05) is 30.4 Å². The molecule has 1 N–H and O–H groups in total. The highest BCUT2D eigenvalue weighted by molar-refractivity contribution is 6.05. The summed E-state index contributed by atoms with van der Waals surface area (Å²) >= 11 is 0. The molecule has 3 atom stereocenters. The number of allylic oxidation sites excluding steroid dienone is 2. The fourth-order valence-electron chi connectivity index (χ4n) is 3.62. The summed E-state index contributed by atoms with van der Waals surface area (Å²) in [6, 6.07) is 7.54. The largest absolute Gasteiger partial charge is 0.491 e. The van der Waals surface area contributed by atoms with Crippen molar-refractivity contribution in [3.05, 3.63) is 42.0 Å². The Balaban J connectivity index is 1.43. The molecule has 1 aromatic carbocycles. The lowest BCUT2D eigenvalue weighted by Gasteiger charge is -2.18. The molecule has 1 aliphatic carbocycles. The number of carbonyl (C=O) groups is 3. The van der Waals surface area contributed by atoms with E-state index in [0.717, 1.165) is 11.3 Å². The van der Waals surface area contributed by atoms with Crippen molar-refractivity contribution >= 4 is 17.7 Å². The third-order valence-corrected chi connectivity index (χ3v) is 5.15. The minimum absolute atomic E-state index is 0.110. The Morgan fingerprint density at radius 1 is 1.19 bits per heavy atom. The molecule has 0 saturated carbocycles. The van der Waals surface area contributed by atoms with Gasteiger partial charge in [0.05, 0.1) is 17.9 Å². The van der Waals surface area contributed by atoms with E-state index >= 15 is 0 Å². The number of rotatable bonds is 7. The van der Waals surface area contributed by atoms with Crippen molar-refractivity contribution in [1.82, 2.24) is 10.2 Å². The number of nitrogens with zero attached hydrogens (tertiary/aromatic N) is 1. The number of carbonyl (C=O) groups excluding carboxylic acids is 3. The molecule has 3 rings (SSSR count).